The maximum absolute atomic E-state index is 13.0. The molecule has 1 amide bonds. The van der Waals surface area contributed by atoms with Gasteiger partial charge in [0.15, 0.2) is 0 Å². The molecule has 1 heterocycles. The van der Waals surface area contributed by atoms with Crippen LogP contribution in [0.15, 0.2) is 78.9 Å². The van der Waals surface area contributed by atoms with E-state index in [2.05, 4.69) is 5.32 Å². The second-order valence-corrected chi connectivity index (χ2v) is 9.06. The van der Waals surface area contributed by atoms with Crippen LogP contribution in [-0.2, 0) is 16.4 Å². The standard InChI is InChI=1S/C23H22N2O3S/c1-29(27,28)25-15-14-19-16-20(12-13-21(19)25)23(26)24-22(17-8-4-2-5-9-17)18-10-6-3-7-11-18/h2-13,16,22H,14-15H2,1H3,(H,24,26). The van der Waals surface area contributed by atoms with Gasteiger partial charge in [-0.05, 0) is 41.3 Å². The largest absolute Gasteiger partial charge is 0.341 e. The van der Waals surface area contributed by atoms with Crippen LogP contribution in [-0.4, -0.2) is 27.1 Å². The number of hydrogen-bond acceptors (Lipinski definition) is 3. The van der Waals surface area contributed by atoms with Gasteiger partial charge in [0.2, 0.25) is 10.0 Å². The lowest BCUT2D eigenvalue weighted by Crippen LogP contribution is -2.29. The summed E-state index contributed by atoms with van der Waals surface area (Å²) < 4.78 is 25.2. The van der Waals surface area contributed by atoms with E-state index in [0.29, 0.717) is 24.2 Å². The number of carbonyl (C=O) groups excluding carboxylic acids is 1. The number of amides is 1. The molecule has 0 saturated carbocycles. The van der Waals surface area contributed by atoms with Crippen molar-refractivity contribution in [1.82, 2.24) is 5.32 Å². The molecular formula is C23H22N2O3S. The molecule has 3 aromatic rings. The van der Waals surface area contributed by atoms with Gasteiger partial charge in [-0.2, -0.15) is 0 Å². The number of hydrogen-bond donors (Lipinski definition) is 1. The molecule has 0 spiro atoms. The lowest BCUT2D eigenvalue weighted by molar-refractivity contribution is 0.0943. The summed E-state index contributed by atoms with van der Waals surface area (Å²) >= 11 is 0. The third-order valence-corrected chi connectivity index (χ3v) is 6.32. The van der Waals surface area contributed by atoms with Crippen LogP contribution in [0, 0.1) is 0 Å². The van der Waals surface area contributed by atoms with Crippen LogP contribution in [0.25, 0.3) is 0 Å². The summed E-state index contributed by atoms with van der Waals surface area (Å²) in [6.07, 6.45) is 1.80. The first kappa shape index (κ1) is 19.2. The fraction of sp³-hybridized carbons (Fsp3) is 0.174. The highest BCUT2D eigenvalue weighted by molar-refractivity contribution is 7.92. The Labute approximate surface area is 171 Å². The summed E-state index contributed by atoms with van der Waals surface area (Å²) in [6, 6.07) is 24.6. The fourth-order valence-electron chi connectivity index (χ4n) is 3.72. The predicted octanol–water partition coefficient (Wildman–Crippen LogP) is 3.53. The van der Waals surface area contributed by atoms with Gasteiger partial charge in [-0.15, -0.1) is 0 Å². The van der Waals surface area contributed by atoms with Crippen molar-refractivity contribution in [2.45, 2.75) is 12.5 Å². The summed E-state index contributed by atoms with van der Waals surface area (Å²) in [5.41, 5.74) is 4.05. The number of nitrogens with one attached hydrogen (secondary N) is 1. The quantitative estimate of drug-likeness (QED) is 0.705. The molecular weight excluding hydrogens is 384 g/mol. The van der Waals surface area contributed by atoms with Gasteiger partial charge in [-0.1, -0.05) is 60.7 Å². The molecule has 1 N–H and O–H groups in total. The van der Waals surface area contributed by atoms with Gasteiger partial charge in [-0.3, -0.25) is 9.10 Å². The molecule has 6 heteroatoms. The van der Waals surface area contributed by atoms with E-state index < -0.39 is 10.0 Å². The van der Waals surface area contributed by atoms with Crippen LogP contribution in [0.2, 0.25) is 0 Å². The van der Waals surface area contributed by atoms with Gasteiger partial charge in [0.05, 0.1) is 18.0 Å². The molecule has 0 aliphatic carbocycles. The first-order valence-corrected chi connectivity index (χ1v) is 11.3. The molecule has 0 bridgehead atoms. The Balaban J connectivity index is 1.62. The lowest BCUT2D eigenvalue weighted by Gasteiger charge is -2.20. The second-order valence-electron chi connectivity index (χ2n) is 7.16. The number of carbonyl (C=O) groups is 1. The maximum atomic E-state index is 13.0. The van der Waals surface area contributed by atoms with Gasteiger partial charge < -0.3 is 5.32 Å². The zero-order valence-electron chi connectivity index (χ0n) is 16.1. The molecule has 0 radical (unpaired) electrons. The van der Waals surface area contributed by atoms with Gasteiger partial charge in [0.1, 0.15) is 0 Å². The van der Waals surface area contributed by atoms with E-state index in [1.165, 1.54) is 10.6 Å². The Bertz CT molecular complexity index is 1090. The van der Waals surface area contributed by atoms with Crippen molar-refractivity contribution in [3.63, 3.8) is 0 Å². The van der Waals surface area contributed by atoms with Crippen molar-refractivity contribution in [2.75, 3.05) is 17.1 Å². The minimum atomic E-state index is -3.31. The van der Waals surface area contributed by atoms with Gasteiger partial charge >= 0.3 is 0 Å². The number of benzene rings is 3. The Morgan fingerprint density at radius 1 is 0.931 bits per heavy atom. The van der Waals surface area contributed by atoms with E-state index in [1.807, 2.05) is 60.7 Å². The van der Waals surface area contributed by atoms with Crippen LogP contribution < -0.4 is 9.62 Å². The van der Waals surface area contributed by atoms with Crippen LogP contribution in [0.1, 0.15) is 33.1 Å². The van der Waals surface area contributed by atoms with Crippen LogP contribution in [0.3, 0.4) is 0 Å². The Morgan fingerprint density at radius 3 is 2.07 bits per heavy atom. The number of rotatable bonds is 5. The molecule has 3 aromatic carbocycles. The molecule has 4 rings (SSSR count). The lowest BCUT2D eigenvalue weighted by atomic mass is 9.98. The predicted molar refractivity (Wildman–Crippen MR) is 115 cm³/mol. The first-order chi connectivity index (χ1) is 13.9. The molecule has 1 aliphatic heterocycles. The number of nitrogens with zero attached hydrogens (tertiary/aromatic N) is 1. The van der Waals surface area contributed by atoms with Crippen LogP contribution >= 0.6 is 0 Å². The summed E-state index contributed by atoms with van der Waals surface area (Å²) in [5.74, 6) is -0.191. The zero-order valence-corrected chi connectivity index (χ0v) is 16.9. The van der Waals surface area contributed by atoms with E-state index in [1.54, 1.807) is 18.2 Å². The van der Waals surface area contributed by atoms with Gasteiger partial charge in [-0.25, -0.2) is 8.42 Å². The highest BCUT2D eigenvalue weighted by atomic mass is 32.2. The van der Waals surface area contributed by atoms with Crippen molar-refractivity contribution in [3.8, 4) is 0 Å². The minimum Gasteiger partial charge on any atom is -0.341 e. The van der Waals surface area contributed by atoms with Crippen LogP contribution in [0.4, 0.5) is 5.69 Å². The molecule has 148 valence electrons. The van der Waals surface area contributed by atoms with Gasteiger partial charge in [0.25, 0.3) is 5.91 Å². The number of anilines is 1. The summed E-state index contributed by atoms with van der Waals surface area (Å²) in [6.45, 7) is 0.413. The minimum absolute atomic E-state index is 0.191. The molecule has 0 fully saturated rings. The number of sulfonamides is 1. The summed E-state index contributed by atoms with van der Waals surface area (Å²) in [7, 11) is -3.31. The molecule has 0 aromatic heterocycles. The zero-order chi connectivity index (χ0) is 20.4. The average molecular weight is 407 g/mol. The van der Waals surface area contributed by atoms with Crippen molar-refractivity contribution < 1.29 is 13.2 Å². The Morgan fingerprint density at radius 2 is 1.52 bits per heavy atom. The van der Waals surface area contributed by atoms with E-state index in [0.717, 1.165) is 16.7 Å². The van der Waals surface area contributed by atoms with E-state index >= 15 is 0 Å². The third-order valence-electron chi connectivity index (χ3n) is 5.14. The summed E-state index contributed by atoms with van der Waals surface area (Å²) in [5, 5.41) is 3.13. The van der Waals surface area contributed by atoms with Crippen LogP contribution in [0.5, 0.6) is 0 Å². The summed E-state index contributed by atoms with van der Waals surface area (Å²) in [4.78, 5) is 13.0. The molecule has 29 heavy (non-hydrogen) atoms. The fourth-order valence-corrected chi connectivity index (χ4v) is 4.68. The first-order valence-electron chi connectivity index (χ1n) is 9.45. The smallest absolute Gasteiger partial charge is 0.252 e. The molecule has 1 aliphatic rings. The Kier molecular flexibility index (Phi) is 5.11. The topological polar surface area (TPSA) is 66.5 Å². The highest BCUT2D eigenvalue weighted by Gasteiger charge is 2.27. The van der Waals surface area contributed by atoms with E-state index in [4.69, 9.17) is 0 Å². The maximum Gasteiger partial charge on any atom is 0.252 e. The normalized spacial score (nSPS) is 13.4. The molecule has 0 atom stereocenters. The molecule has 0 saturated heterocycles. The van der Waals surface area contributed by atoms with E-state index in [9.17, 15) is 13.2 Å². The average Bonchev–Trinajstić information content (AvgIpc) is 3.17. The van der Waals surface area contributed by atoms with E-state index in [-0.39, 0.29) is 11.9 Å². The molecule has 5 nitrogen and oxygen atoms in total. The number of fused-ring (bicyclic) bond motifs is 1. The highest BCUT2D eigenvalue weighted by Crippen LogP contribution is 2.31. The second kappa shape index (κ2) is 7.72. The molecule has 0 unspecified atom stereocenters. The van der Waals surface area contributed by atoms with Crippen molar-refractivity contribution >= 4 is 21.6 Å². The van der Waals surface area contributed by atoms with Crippen molar-refractivity contribution in [3.05, 3.63) is 101 Å². The van der Waals surface area contributed by atoms with Crippen molar-refractivity contribution in [2.24, 2.45) is 0 Å². The van der Waals surface area contributed by atoms with Gasteiger partial charge in [0, 0.05) is 12.1 Å². The monoisotopic (exact) mass is 406 g/mol. The third kappa shape index (κ3) is 4.03. The van der Waals surface area contributed by atoms with Crippen molar-refractivity contribution in [1.29, 1.82) is 0 Å². The SMILES string of the molecule is CS(=O)(=O)N1CCc2cc(C(=O)NC(c3ccccc3)c3ccccc3)ccc21. The Hall–Kier alpha value is -3.12.